The minimum Gasteiger partial charge on any atom is -0.469 e. The maximum absolute atomic E-state index is 13.8. The van der Waals surface area contributed by atoms with Gasteiger partial charge >= 0.3 is 12.0 Å². The maximum atomic E-state index is 13.8. The molecule has 0 aromatic heterocycles. The van der Waals surface area contributed by atoms with Crippen LogP contribution in [0.3, 0.4) is 0 Å². The van der Waals surface area contributed by atoms with Gasteiger partial charge in [0.25, 0.3) is 0 Å². The van der Waals surface area contributed by atoms with Gasteiger partial charge in [0.05, 0.1) is 13.5 Å². The summed E-state index contributed by atoms with van der Waals surface area (Å²) in [6.45, 7) is 3.14. The van der Waals surface area contributed by atoms with Crippen LogP contribution in [0, 0.1) is 0 Å². The highest BCUT2D eigenvalue weighted by Crippen LogP contribution is 2.17. The van der Waals surface area contributed by atoms with E-state index in [-0.39, 0.29) is 18.9 Å². The number of carbonyl (C=O) groups is 3. The normalized spacial score (nSPS) is 11.3. The van der Waals surface area contributed by atoms with Gasteiger partial charge in [-0.3, -0.25) is 9.59 Å². The van der Waals surface area contributed by atoms with Gasteiger partial charge in [-0.2, -0.15) is 0 Å². The molecule has 1 N–H and O–H groups in total. The Balaban J connectivity index is 1.90. The molecule has 0 aliphatic carbocycles. The number of likely N-dealkylation sites (N-methyl/N-ethyl adjacent to an activating group) is 1. The molecule has 7 heteroatoms. The van der Waals surface area contributed by atoms with Gasteiger partial charge in [-0.15, -0.1) is 0 Å². The van der Waals surface area contributed by atoms with Crippen molar-refractivity contribution in [3.8, 4) is 0 Å². The van der Waals surface area contributed by atoms with E-state index < -0.39 is 18.0 Å². The molecule has 1 unspecified atom stereocenters. The molecule has 1 atom stereocenters. The van der Waals surface area contributed by atoms with Crippen LogP contribution < -0.4 is 5.32 Å². The van der Waals surface area contributed by atoms with Crippen LogP contribution in [0.5, 0.6) is 0 Å². The summed E-state index contributed by atoms with van der Waals surface area (Å²) in [5.74, 6) is -0.865. The third-order valence-corrected chi connectivity index (χ3v) is 5.90. The fourth-order valence-electron chi connectivity index (χ4n) is 3.91. The van der Waals surface area contributed by atoms with E-state index in [1.54, 1.807) is 4.90 Å². The van der Waals surface area contributed by atoms with E-state index in [9.17, 15) is 14.4 Å². The quantitative estimate of drug-likeness (QED) is 0.407. The van der Waals surface area contributed by atoms with E-state index in [1.165, 1.54) is 12.0 Å². The van der Waals surface area contributed by atoms with Crippen LogP contribution in [0.25, 0.3) is 0 Å². The van der Waals surface area contributed by atoms with Crippen molar-refractivity contribution in [2.45, 2.75) is 39.0 Å². The van der Waals surface area contributed by atoms with Crippen LogP contribution in [-0.2, 0) is 34.0 Å². The summed E-state index contributed by atoms with van der Waals surface area (Å²) in [6.07, 6.45) is -0.244. The van der Waals surface area contributed by atoms with Crippen molar-refractivity contribution in [2.24, 2.45) is 0 Å². The molecule has 0 aliphatic heterocycles. The third kappa shape index (κ3) is 7.70. The number of nitrogens with one attached hydrogen (secondary N) is 1. The van der Waals surface area contributed by atoms with Crippen LogP contribution in [-0.4, -0.2) is 47.4 Å². The Kier molecular flexibility index (Phi) is 10.1. The van der Waals surface area contributed by atoms with Crippen molar-refractivity contribution in [1.82, 2.24) is 15.1 Å². The molecule has 188 valence electrons. The number of esters is 1. The molecule has 0 spiro atoms. The van der Waals surface area contributed by atoms with Gasteiger partial charge < -0.3 is 19.9 Å². The summed E-state index contributed by atoms with van der Waals surface area (Å²) in [4.78, 5) is 42.8. The number of methoxy groups -OCH3 is 1. The lowest BCUT2D eigenvalue weighted by Crippen LogP contribution is -2.54. The first-order valence-corrected chi connectivity index (χ1v) is 12.0. The Labute approximate surface area is 212 Å². The summed E-state index contributed by atoms with van der Waals surface area (Å²) in [7, 11) is 1.28. The van der Waals surface area contributed by atoms with Gasteiger partial charge in [-0.1, -0.05) is 91.0 Å². The second-order valence-electron chi connectivity index (χ2n) is 8.39. The predicted octanol–water partition coefficient (Wildman–Crippen LogP) is 4.38. The van der Waals surface area contributed by atoms with E-state index in [0.717, 1.165) is 16.7 Å². The highest BCUT2D eigenvalue weighted by molar-refractivity contribution is 5.90. The zero-order chi connectivity index (χ0) is 25.8. The summed E-state index contributed by atoms with van der Waals surface area (Å²) in [5, 5.41) is 2.92. The van der Waals surface area contributed by atoms with Crippen molar-refractivity contribution in [3.63, 3.8) is 0 Å². The van der Waals surface area contributed by atoms with Gasteiger partial charge in [0, 0.05) is 26.2 Å². The third-order valence-electron chi connectivity index (χ3n) is 5.90. The number of urea groups is 1. The van der Waals surface area contributed by atoms with Gasteiger partial charge in [-0.25, -0.2) is 4.79 Å². The lowest BCUT2D eigenvalue weighted by atomic mass is 10.1. The maximum Gasteiger partial charge on any atom is 0.318 e. The fraction of sp³-hybridized carbons (Fsp3) is 0.276. The topological polar surface area (TPSA) is 79.0 Å². The predicted molar refractivity (Wildman–Crippen MR) is 139 cm³/mol. The molecular weight excluding hydrogens is 454 g/mol. The highest BCUT2D eigenvalue weighted by Gasteiger charge is 2.35. The van der Waals surface area contributed by atoms with Crippen LogP contribution in [0.4, 0.5) is 4.79 Å². The number of rotatable bonds is 11. The first-order chi connectivity index (χ1) is 17.5. The molecule has 0 bridgehead atoms. The van der Waals surface area contributed by atoms with Crippen LogP contribution in [0.15, 0.2) is 91.0 Å². The van der Waals surface area contributed by atoms with Crippen molar-refractivity contribution in [3.05, 3.63) is 108 Å². The minimum absolute atomic E-state index is 0.164. The summed E-state index contributed by atoms with van der Waals surface area (Å²) in [5.41, 5.74) is 2.74. The summed E-state index contributed by atoms with van der Waals surface area (Å²) < 4.78 is 4.90. The Morgan fingerprint density at radius 3 is 1.78 bits per heavy atom. The standard InChI is InChI=1S/C29H33N3O4/c1-3-31(21-24-15-9-5-10-16-24)28(34)26(19-27(33)36-2)32(22-25-17-11-6-12-18-25)29(35)30-20-23-13-7-4-8-14-23/h4-18,26H,3,19-22H2,1-2H3,(H,30,35). The summed E-state index contributed by atoms with van der Waals surface area (Å²) >= 11 is 0. The molecule has 0 radical (unpaired) electrons. The first-order valence-electron chi connectivity index (χ1n) is 12.0. The van der Waals surface area contributed by atoms with Gasteiger partial charge in [0.1, 0.15) is 6.04 Å². The van der Waals surface area contributed by atoms with Crippen molar-refractivity contribution in [2.75, 3.05) is 13.7 Å². The Hall–Kier alpha value is -4.13. The number of hydrogen-bond acceptors (Lipinski definition) is 4. The average Bonchev–Trinajstić information content (AvgIpc) is 2.93. The second kappa shape index (κ2) is 13.7. The first kappa shape index (κ1) is 26.5. The van der Waals surface area contributed by atoms with Crippen molar-refractivity contribution >= 4 is 17.9 Å². The highest BCUT2D eigenvalue weighted by atomic mass is 16.5. The Morgan fingerprint density at radius 1 is 0.778 bits per heavy atom. The number of carbonyl (C=O) groups excluding carboxylic acids is 3. The summed E-state index contributed by atoms with van der Waals surface area (Å²) in [6, 6.07) is 27.1. The molecule has 0 saturated heterocycles. The van der Waals surface area contributed by atoms with Crippen molar-refractivity contribution in [1.29, 1.82) is 0 Å². The lowest BCUT2D eigenvalue weighted by molar-refractivity contribution is -0.147. The number of hydrogen-bond donors (Lipinski definition) is 1. The molecular formula is C29H33N3O4. The molecule has 0 saturated carbocycles. The SMILES string of the molecule is CCN(Cc1ccccc1)C(=O)C(CC(=O)OC)N(Cc1ccccc1)C(=O)NCc1ccccc1. The number of benzene rings is 3. The molecule has 0 fully saturated rings. The zero-order valence-electron chi connectivity index (χ0n) is 20.8. The van der Waals surface area contributed by atoms with Gasteiger partial charge in [0.15, 0.2) is 0 Å². The van der Waals surface area contributed by atoms with Crippen LogP contribution in [0.1, 0.15) is 30.0 Å². The smallest absolute Gasteiger partial charge is 0.318 e. The van der Waals surface area contributed by atoms with E-state index in [2.05, 4.69) is 5.32 Å². The molecule has 0 aliphatic rings. The van der Waals surface area contributed by atoms with Crippen molar-refractivity contribution < 1.29 is 19.1 Å². The number of amides is 3. The molecule has 0 heterocycles. The van der Waals surface area contributed by atoms with E-state index in [0.29, 0.717) is 19.6 Å². The molecule has 7 nitrogen and oxygen atoms in total. The second-order valence-corrected chi connectivity index (χ2v) is 8.39. The monoisotopic (exact) mass is 487 g/mol. The Bertz CT molecular complexity index is 1110. The molecule has 36 heavy (non-hydrogen) atoms. The minimum atomic E-state index is -1.03. The van der Waals surface area contributed by atoms with Crippen LogP contribution >= 0.6 is 0 Å². The lowest BCUT2D eigenvalue weighted by Gasteiger charge is -2.34. The number of ether oxygens (including phenoxy) is 1. The van der Waals surface area contributed by atoms with Gasteiger partial charge in [0.2, 0.25) is 5.91 Å². The zero-order valence-corrected chi connectivity index (χ0v) is 20.8. The largest absolute Gasteiger partial charge is 0.469 e. The number of nitrogens with zero attached hydrogens (tertiary/aromatic N) is 2. The molecule has 3 amide bonds. The van der Waals surface area contributed by atoms with E-state index in [1.807, 2.05) is 97.9 Å². The fourth-order valence-corrected chi connectivity index (χ4v) is 3.91. The molecule has 3 rings (SSSR count). The average molecular weight is 488 g/mol. The Morgan fingerprint density at radius 2 is 1.28 bits per heavy atom. The molecule has 3 aromatic carbocycles. The van der Waals surface area contributed by atoms with E-state index in [4.69, 9.17) is 4.74 Å². The van der Waals surface area contributed by atoms with E-state index >= 15 is 0 Å². The van der Waals surface area contributed by atoms with Gasteiger partial charge in [-0.05, 0) is 23.6 Å². The van der Waals surface area contributed by atoms with Crippen LogP contribution in [0.2, 0.25) is 0 Å². The molecule has 3 aromatic rings.